The number of rotatable bonds is 4. The molecule has 0 aliphatic carbocycles. The Morgan fingerprint density at radius 3 is 2.53 bits per heavy atom. The number of piperazine rings is 1. The standard InChI is InChI=1S/C22H24N8O2/c1-4-17(31)28-7-9-29(10-8-28)21-18-19(25-12-26-21)22(32)30(14(3)27-18)20-13(2)5-6-16(24)15(20)11-23/h4-6,11-12,23H,1,7-10,24H2,2-3H3. The summed E-state index contributed by atoms with van der Waals surface area (Å²) >= 11 is 0. The van der Waals surface area contributed by atoms with E-state index >= 15 is 0 Å². The number of hydrogen-bond acceptors (Lipinski definition) is 8. The fourth-order valence-corrected chi connectivity index (χ4v) is 4.04. The van der Waals surface area contributed by atoms with Gasteiger partial charge in [0, 0.05) is 43.6 Å². The highest BCUT2D eigenvalue weighted by atomic mass is 16.2. The first-order chi connectivity index (χ1) is 15.4. The lowest BCUT2D eigenvalue weighted by Gasteiger charge is -2.35. The molecular weight excluding hydrogens is 408 g/mol. The Balaban J connectivity index is 1.84. The van der Waals surface area contributed by atoms with Crippen LogP contribution in [0.15, 0.2) is 35.9 Å². The van der Waals surface area contributed by atoms with Crippen molar-refractivity contribution in [2.45, 2.75) is 13.8 Å². The van der Waals surface area contributed by atoms with Crippen molar-refractivity contribution in [3.8, 4) is 5.69 Å². The molecule has 10 nitrogen and oxygen atoms in total. The van der Waals surface area contributed by atoms with Crippen LogP contribution in [0.25, 0.3) is 16.7 Å². The Labute approximate surface area is 184 Å². The molecule has 32 heavy (non-hydrogen) atoms. The number of amides is 1. The molecule has 1 aliphatic heterocycles. The van der Waals surface area contributed by atoms with E-state index in [0.717, 1.165) is 11.8 Å². The van der Waals surface area contributed by atoms with Crippen molar-refractivity contribution in [1.82, 2.24) is 24.4 Å². The van der Waals surface area contributed by atoms with E-state index < -0.39 is 0 Å². The summed E-state index contributed by atoms with van der Waals surface area (Å²) in [5.41, 5.74) is 8.47. The van der Waals surface area contributed by atoms with Crippen LogP contribution in [0.5, 0.6) is 0 Å². The van der Waals surface area contributed by atoms with Crippen molar-refractivity contribution >= 4 is 34.7 Å². The quantitative estimate of drug-likeness (QED) is 0.359. The normalized spacial score (nSPS) is 13.9. The van der Waals surface area contributed by atoms with Gasteiger partial charge in [-0.3, -0.25) is 14.2 Å². The summed E-state index contributed by atoms with van der Waals surface area (Å²) in [7, 11) is 0. The lowest BCUT2D eigenvalue weighted by atomic mass is 10.1. The Hall–Kier alpha value is -4.08. The molecule has 164 valence electrons. The molecule has 0 spiro atoms. The van der Waals surface area contributed by atoms with E-state index in [1.807, 2.05) is 17.9 Å². The first-order valence-electron chi connectivity index (χ1n) is 10.2. The average Bonchev–Trinajstić information content (AvgIpc) is 2.80. The number of carbonyl (C=O) groups excluding carboxylic acids is 1. The van der Waals surface area contributed by atoms with Gasteiger partial charge >= 0.3 is 0 Å². The average molecular weight is 432 g/mol. The summed E-state index contributed by atoms with van der Waals surface area (Å²) in [5.74, 6) is 0.897. The maximum absolute atomic E-state index is 13.5. The third-order valence-corrected chi connectivity index (χ3v) is 5.69. The van der Waals surface area contributed by atoms with Crippen LogP contribution >= 0.6 is 0 Å². The largest absolute Gasteiger partial charge is 0.398 e. The highest BCUT2D eigenvalue weighted by Crippen LogP contribution is 2.26. The molecule has 1 saturated heterocycles. The molecule has 0 bridgehead atoms. The van der Waals surface area contributed by atoms with Gasteiger partial charge in [-0.15, -0.1) is 0 Å². The number of aryl methyl sites for hydroxylation is 2. The number of nitrogens with two attached hydrogens (primary N) is 1. The van der Waals surface area contributed by atoms with Gasteiger partial charge in [0.2, 0.25) is 5.91 Å². The predicted molar refractivity (Wildman–Crippen MR) is 124 cm³/mol. The number of nitrogen functional groups attached to an aromatic ring is 1. The van der Waals surface area contributed by atoms with Crippen LogP contribution in [-0.4, -0.2) is 62.7 Å². The zero-order chi connectivity index (χ0) is 23.0. The van der Waals surface area contributed by atoms with Gasteiger partial charge in [0.05, 0.1) is 5.69 Å². The SMILES string of the molecule is C=CC(=O)N1CCN(c2ncnc3c(=O)n(-c4c(C)ccc(N)c4C=N)c(C)nc23)CC1. The molecule has 0 unspecified atom stereocenters. The topological polar surface area (TPSA) is 134 Å². The van der Waals surface area contributed by atoms with Gasteiger partial charge in [0.1, 0.15) is 17.7 Å². The molecule has 0 atom stereocenters. The number of anilines is 2. The minimum Gasteiger partial charge on any atom is -0.398 e. The van der Waals surface area contributed by atoms with E-state index in [4.69, 9.17) is 11.1 Å². The second-order valence-electron chi connectivity index (χ2n) is 7.59. The fraction of sp³-hybridized carbons (Fsp3) is 0.273. The first-order valence-corrected chi connectivity index (χ1v) is 10.2. The van der Waals surface area contributed by atoms with E-state index in [-0.39, 0.29) is 17.0 Å². The molecule has 10 heteroatoms. The van der Waals surface area contributed by atoms with Gasteiger partial charge in [0.25, 0.3) is 5.56 Å². The van der Waals surface area contributed by atoms with Crippen LogP contribution in [0.1, 0.15) is 17.0 Å². The fourth-order valence-electron chi connectivity index (χ4n) is 4.04. The lowest BCUT2D eigenvalue weighted by molar-refractivity contribution is -0.126. The second-order valence-corrected chi connectivity index (χ2v) is 7.59. The second kappa shape index (κ2) is 8.22. The summed E-state index contributed by atoms with van der Waals surface area (Å²) in [6, 6.07) is 3.52. The summed E-state index contributed by atoms with van der Waals surface area (Å²) in [5, 5.41) is 7.80. The first kappa shape index (κ1) is 21.2. The van der Waals surface area contributed by atoms with Crippen LogP contribution < -0.4 is 16.2 Å². The number of hydrogen-bond donors (Lipinski definition) is 2. The van der Waals surface area contributed by atoms with Crippen LogP contribution in [0.4, 0.5) is 11.5 Å². The molecular formula is C22H24N8O2. The van der Waals surface area contributed by atoms with Gasteiger partial charge in [-0.1, -0.05) is 12.6 Å². The maximum Gasteiger partial charge on any atom is 0.284 e. The van der Waals surface area contributed by atoms with Crippen molar-refractivity contribution in [2.24, 2.45) is 0 Å². The Morgan fingerprint density at radius 2 is 1.88 bits per heavy atom. The molecule has 4 rings (SSSR count). The molecule has 3 aromatic rings. The third kappa shape index (κ3) is 3.39. The maximum atomic E-state index is 13.5. The molecule has 0 saturated carbocycles. The number of aromatic nitrogens is 4. The molecule has 1 amide bonds. The lowest BCUT2D eigenvalue weighted by Crippen LogP contribution is -2.48. The van der Waals surface area contributed by atoms with Gasteiger partial charge < -0.3 is 20.9 Å². The third-order valence-electron chi connectivity index (χ3n) is 5.69. The van der Waals surface area contributed by atoms with Crippen LogP contribution in [0, 0.1) is 19.3 Å². The molecule has 3 N–H and O–H groups in total. The summed E-state index contributed by atoms with van der Waals surface area (Å²) in [6.45, 7) is 9.29. The summed E-state index contributed by atoms with van der Waals surface area (Å²) in [6.07, 6.45) is 3.80. The summed E-state index contributed by atoms with van der Waals surface area (Å²) in [4.78, 5) is 42.4. The Kier molecular flexibility index (Phi) is 5.43. The predicted octanol–water partition coefficient (Wildman–Crippen LogP) is 1.21. The molecule has 1 aromatic carbocycles. The van der Waals surface area contributed by atoms with E-state index in [2.05, 4.69) is 21.5 Å². The minimum atomic E-state index is -0.353. The van der Waals surface area contributed by atoms with Crippen LogP contribution in [0.3, 0.4) is 0 Å². The summed E-state index contributed by atoms with van der Waals surface area (Å²) < 4.78 is 1.45. The number of nitrogens with one attached hydrogen (secondary N) is 1. The van der Waals surface area contributed by atoms with Gasteiger partial charge in [-0.25, -0.2) is 15.0 Å². The Morgan fingerprint density at radius 1 is 1.16 bits per heavy atom. The highest BCUT2D eigenvalue weighted by molar-refractivity contribution is 5.92. The van der Waals surface area contributed by atoms with Crippen LogP contribution in [-0.2, 0) is 4.79 Å². The van der Waals surface area contributed by atoms with Crippen molar-refractivity contribution in [3.05, 3.63) is 58.4 Å². The molecule has 1 aliphatic rings. The molecule has 2 aromatic heterocycles. The van der Waals surface area contributed by atoms with E-state index in [1.54, 1.807) is 17.9 Å². The number of benzene rings is 1. The number of fused-ring (bicyclic) bond motifs is 1. The monoisotopic (exact) mass is 432 g/mol. The number of nitrogens with zero attached hydrogens (tertiary/aromatic N) is 6. The highest BCUT2D eigenvalue weighted by Gasteiger charge is 2.24. The van der Waals surface area contributed by atoms with Crippen molar-refractivity contribution < 1.29 is 4.79 Å². The molecule has 3 heterocycles. The zero-order valence-electron chi connectivity index (χ0n) is 18.0. The number of carbonyl (C=O) groups is 1. The van der Waals surface area contributed by atoms with Crippen LogP contribution in [0.2, 0.25) is 0 Å². The minimum absolute atomic E-state index is 0.103. The van der Waals surface area contributed by atoms with E-state index in [0.29, 0.717) is 60.3 Å². The Bertz CT molecular complexity index is 1310. The van der Waals surface area contributed by atoms with Crippen molar-refractivity contribution in [1.29, 1.82) is 5.41 Å². The smallest absolute Gasteiger partial charge is 0.284 e. The van der Waals surface area contributed by atoms with Gasteiger partial charge in [-0.05, 0) is 31.6 Å². The van der Waals surface area contributed by atoms with E-state index in [1.165, 1.54) is 17.0 Å². The van der Waals surface area contributed by atoms with Gasteiger partial charge in [0.15, 0.2) is 11.3 Å². The van der Waals surface area contributed by atoms with Gasteiger partial charge in [-0.2, -0.15) is 0 Å². The molecule has 0 radical (unpaired) electrons. The van der Waals surface area contributed by atoms with Crippen molar-refractivity contribution in [2.75, 3.05) is 36.8 Å². The zero-order valence-corrected chi connectivity index (χ0v) is 18.0. The molecule has 1 fully saturated rings. The van der Waals surface area contributed by atoms with Crippen molar-refractivity contribution in [3.63, 3.8) is 0 Å². The van der Waals surface area contributed by atoms with E-state index in [9.17, 15) is 9.59 Å².